The van der Waals surface area contributed by atoms with Crippen LogP contribution in [0.3, 0.4) is 0 Å². The maximum absolute atomic E-state index is 12.5. The summed E-state index contributed by atoms with van der Waals surface area (Å²) in [6, 6.07) is 7.67. The first-order valence-corrected chi connectivity index (χ1v) is 11.4. The van der Waals surface area contributed by atoms with Crippen molar-refractivity contribution < 1.29 is 14.3 Å². The van der Waals surface area contributed by atoms with Gasteiger partial charge in [0, 0.05) is 21.3 Å². The molecule has 0 atom stereocenters. The summed E-state index contributed by atoms with van der Waals surface area (Å²) in [4.78, 5) is 30.4. The third kappa shape index (κ3) is 4.92. The predicted octanol–water partition coefficient (Wildman–Crippen LogP) is 4.93. The van der Waals surface area contributed by atoms with Gasteiger partial charge in [0.1, 0.15) is 11.6 Å². The van der Waals surface area contributed by atoms with Gasteiger partial charge in [-0.15, -0.1) is 22.7 Å². The molecule has 0 unspecified atom stereocenters. The van der Waals surface area contributed by atoms with E-state index in [0.717, 1.165) is 36.1 Å². The van der Waals surface area contributed by atoms with E-state index in [4.69, 9.17) is 4.74 Å². The van der Waals surface area contributed by atoms with Crippen molar-refractivity contribution >= 4 is 40.2 Å². The molecule has 2 heterocycles. The van der Waals surface area contributed by atoms with Crippen LogP contribution < -0.4 is 5.32 Å². The highest BCUT2D eigenvalue weighted by molar-refractivity contribution is 7.10. The number of anilines is 1. The fraction of sp³-hybridized carbons (Fsp3) is 0.318. The highest BCUT2D eigenvalue weighted by Gasteiger charge is 2.21. The monoisotopic (exact) mass is 426 g/mol. The van der Waals surface area contributed by atoms with Crippen LogP contribution >= 0.6 is 22.7 Å². The molecular formula is C22H22N2O3S2. The first-order valence-electron chi connectivity index (χ1n) is 9.64. The fourth-order valence-electron chi connectivity index (χ4n) is 3.36. The summed E-state index contributed by atoms with van der Waals surface area (Å²) in [7, 11) is 0. The number of aryl methyl sites for hydroxylation is 2. The number of fused-ring (bicyclic) bond motifs is 1. The topological polar surface area (TPSA) is 68.3 Å². The number of amides is 1. The molecule has 0 bridgehead atoms. The van der Waals surface area contributed by atoms with Crippen molar-refractivity contribution in [3.63, 3.8) is 0 Å². The van der Waals surface area contributed by atoms with E-state index >= 15 is 0 Å². The smallest absolute Gasteiger partial charge is 0.339 e. The second kappa shape index (κ2) is 8.88. The van der Waals surface area contributed by atoms with Gasteiger partial charge in [-0.25, -0.2) is 9.78 Å². The van der Waals surface area contributed by atoms with Crippen LogP contribution in [0.25, 0.3) is 0 Å². The first kappa shape index (κ1) is 19.8. The number of benzene rings is 1. The van der Waals surface area contributed by atoms with Gasteiger partial charge in [0.25, 0.3) is 0 Å². The normalized spacial score (nSPS) is 13.0. The molecule has 1 aliphatic carbocycles. The lowest BCUT2D eigenvalue weighted by Crippen LogP contribution is -2.14. The van der Waals surface area contributed by atoms with Gasteiger partial charge in [-0.1, -0.05) is 17.7 Å². The molecule has 1 aliphatic rings. The van der Waals surface area contributed by atoms with E-state index < -0.39 is 0 Å². The zero-order valence-corrected chi connectivity index (χ0v) is 17.8. The molecule has 1 aromatic carbocycles. The second-order valence-electron chi connectivity index (χ2n) is 7.16. The van der Waals surface area contributed by atoms with Crippen LogP contribution in [-0.2, 0) is 35.4 Å². The van der Waals surface area contributed by atoms with E-state index in [9.17, 15) is 9.59 Å². The third-order valence-corrected chi connectivity index (χ3v) is 6.87. The Morgan fingerprint density at radius 2 is 1.90 bits per heavy atom. The van der Waals surface area contributed by atoms with Gasteiger partial charge in [0.2, 0.25) is 5.91 Å². The van der Waals surface area contributed by atoms with E-state index in [1.165, 1.54) is 22.6 Å². The van der Waals surface area contributed by atoms with Crippen molar-refractivity contribution in [2.75, 3.05) is 5.32 Å². The van der Waals surface area contributed by atoms with E-state index in [0.29, 0.717) is 16.3 Å². The van der Waals surface area contributed by atoms with Crippen molar-refractivity contribution in [3.8, 4) is 0 Å². The maximum atomic E-state index is 12.5. The Morgan fingerprint density at radius 3 is 2.72 bits per heavy atom. The SMILES string of the molecule is Cc1ccc(NC(=O)Cc2nc(COC(=O)c3csc4c3CCCC4)cs2)cc1. The minimum absolute atomic E-state index is 0.114. The number of rotatable bonds is 6. The minimum atomic E-state index is -0.281. The van der Waals surface area contributed by atoms with Crippen molar-refractivity contribution in [1.29, 1.82) is 0 Å². The van der Waals surface area contributed by atoms with Crippen molar-refractivity contribution in [1.82, 2.24) is 4.98 Å². The largest absolute Gasteiger partial charge is 0.456 e. The Kier molecular flexibility index (Phi) is 6.06. The highest BCUT2D eigenvalue weighted by atomic mass is 32.1. The number of esters is 1. The lowest BCUT2D eigenvalue weighted by atomic mass is 9.96. The summed E-state index contributed by atoms with van der Waals surface area (Å²) in [5.74, 6) is -0.396. The summed E-state index contributed by atoms with van der Waals surface area (Å²) in [5.41, 5.74) is 4.46. The first-order chi connectivity index (χ1) is 14.1. The molecule has 0 saturated carbocycles. The van der Waals surface area contributed by atoms with Gasteiger partial charge in [0.15, 0.2) is 0 Å². The van der Waals surface area contributed by atoms with Gasteiger partial charge < -0.3 is 10.1 Å². The molecule has 7 heteroatoms. The standard InChI is InChI=1S/C22H22N2O3S2/c1-14-6-8-15(9-7-14)23-20(25)10-21-24-16(12-29-21)11-27-22(26)18-13-28-19-5-3-2-4-17(18)19/h6-9,12-13H,2-5,10-11H2,1H3,(H,23,25). The molecule has 1 N–H and O–H groups in total. The van der Waals surface area contributed by atoms with Gasteiger partial charge >= 0.3 is 5.97 Å². The van der Waals surface area contributed by atoms with Gasteiger partial charge in [-0.2, -0.15) is 0 Å². The van der Waals surface area contributed by atoms with Crippen LogP contribution in [0.1, 0.15) is 49.9 Å². The third-order valence-electron chi connectivity index (χ3n) is 4.88. The number of nitrogens with zero attached hydrogens (tertiary/aromatic N) is 1. The summed E-state index contributed by atoms with van der Waals surface area (Å²) in [6.07, 6.45) is 4.54. The molecule has 3 aromatic rings. The molecule has 0 fully saturated rings. The Bertz CT molecular complexity index is 1020. The van der Waals surface area contributed by atoms with Crippen molar-refractivity contribution in [3.05, 3.63) is 67.3 Å². The van der Waals surface area contributed by atoms with Crippen molar-refractivity contribution in [2.24, 2.45) is 0 Å². The number of hydrogen-bond acceptors (Lipinski definition) is 6. The van der Waals surface area contributed by atoms with E-state index in [2.05, 4.69) is 10.3 Å². The molecule has 0 saturated heterocycles. The number of ether oxygens (including phenoxy) is 1. The summed E-state index contributed by atoms with van der Waals surface area (Å²) in [6.45, 7) is 2.13. The zero-order valence-electron chi connectivity index (χ0n) is 16.2. The summed E-state index contributed by atoms with van der Waals surface area (Å²) < 4.78 is 5.48. The molecule has 5 nitrogen and oxygen atoms in total. The molecule has 4 rings (SSSR count). The lowest BCUT2D eigenvalue weighted by Gasteiger charge is -2.12. The van der Waals surface area contributed by atoms with E-state index in [-0.39, 0.29) is 24.9 Å². The number of nitrogens with one attached hydrogen (secondary N) is 1. The van der Waals surface area contributed by atoms with Crippen LogP contribution in [0.4, 0.5) is 5.69 Å². The number of hydrogen-bond donors (Lipinski definition) is 1. The van der Waals surface area contributed by atoms with Crippen LogP contribution in [0, 0.1) is 6.92 Å². The van der Waals surface area contributed by atoms with Crippen LogP contribution in [0.2, 0.25) is 0 Å². The molecular weight excluding hydrogens is 404 g/mol. The van der Waals surface area contributed by atoms with Gasteiger partial charge in [-0.05, 0) is 50.3 Å². The second-order valence-corrected chi connectivity index (χ2v) is 9.06. The number of aromatic nitrogens is 1. The predicted molar refractivity (Wildman–Crippen MR) is 116 cm³/mol. The van der Waals surface area contributed by atoms with E-state index in [1.54, 1.807) is 11.3 Å². The Balaban J connectivity index is 1.30. The minimum Gasteiger partial charge on any atom is -0.456 e. The van der Waals surface area contributed by atoms with Crippen LogP contribution in [-0.4, -0.2) is 16.9 Å². The molecule has 1 amide bonds. The number of thiophene rings is 1. The quantitative estimate of drug-likeness (QED) is 0.568. The van der Waals surface area contributed by atoms with Gasteiger partial charge in [-0.3, -0.25) is 4.79 Å². The highest BCUT2D eigenvalue weighted by Crippen LogP contribution is 2.30. The van der Waals surface area contributed by atoms with E-state index in [1.807, 2.05) is 41.9 Å². The van der Waals surface area contributed by atoms with Crippen LogP contribution in [0.5, 0.6) is 0 Å². The molecule has 2 aromatic heterocycles. The molecule has 150 valence electrons. The maximum Gasteiger partial charge on any atom is 0.339 e. The summed E-state index contributed by atoms with van der Waals surface area (Å²) >= 11 is 3.06. The molecule has 0 radical (unpaired) electrons. The fourth-order valence-corrected chi connectivity index (χ4v) is 5.25. The Labute approximate surface area is 177 Å². The van der Waals surface area contributed by atoms with Gasteiger partial charge in [0.05, 0.1) is 17.7 Å². The Hall–Kier alpha value is -2.51. The zero-order chi connectivity index (χ0) is 20.2. The molecule has 29 heavy (non-hydrogen) atoms. The average molecular weight is 427 g/mol. The lowest BCUT2D eigenvalue weighted by molar-refractivity contribution is -0.115. The van der Waals surface area contributed by atoms with Crippen LogP contribution in [0.15, 0.2) is 35.0 Å². The molecule has 0 spiro atoms. The number of carbonyl (C=O) groups is 2. The Morgan fingerprint density at radius 1 is 1.10 bits per heavy atom. The average Bonchev–Trinajstić information content (AvgIpc) is 3.35. The molecule has 0 aliphatic heterocycles. The number of thiazole rings is 1. The number of carbonyl (C=O) groups excluding carboxylic acids is 2. The summed E-state index contributed by atoms with van der Waals surface area (Å²) in [5, 5.41) is 7.33. The van der Waals surface area contributed by atoms with Crippen molar-refractivity contribution in [2.45, 2.75) is 45.6 Å².